The molecule has 1 aromatic rings. The number of carbonyl (C=O) groups excluding carboxylic acids is 2. The highest BCUT2D eigenvalue weighted by atomic mass is 16.5. The summed E-state index contributed by atoms with van der Waals surface area (Å²) in [5.74, 6) is 0.302. The van der Waals surface area contributed by atoms with Crippen LogP contribution in [-0.4, -0.2) is 31.0 Å². The third-order valence-electron chi connectivity index (χ3n) is 3.38. The normalized spacial score (nSPS) is 15.3. The number of rotatable bonds is 4. The lowest BCUT2D eigenvalue weighted by molar-refractivity contribution is -0.125. The Morgan fingerprint density at radius 1 is 1.50 bits per heavy atom. The summed E-state index contributed by atoms with van der Waals surface area (Å²) in [7, 11) is 0. The molecular formula is C15H20N2O3. The van der Waals surface area contributed by atoms with Crippen molar-refractivity contribution >= 4 is 17.5 Å². The number of nitrogens with zero attached hydrogens (tertiary/aromatic N) is 1. The van der Waals surface area contributed by atoms with Crippen LogP contribution in [0.1, 0.15) is 25.8 Å². The molecule has 2 amide bonds. The molecule has 5 heteroatoms. The Morgan fingerprint density at radius 2 is 2.25 bits per heavy atom. The SMILES string of the molecule is CC[C@@H](C)NC(=O)CN1C(=O)COc2ccc(C)cc21. The number of aryl methyl sites for hydroxylation is 1. The molecule has 1 aliphatic heterocycles. The van der Waals surface area contributed by atoms with Crippen molar-refractivity contribution in [3.05, 3.63) is 23.8 Å². The highest BCUT2D eigenvalue weighted by molar-refractivity contribution is 6.02. The number of ether oxygens (including phenoxy) is 1. The van der Waals surface area contributed by atoms with Gasteiger partial charge in [0.1, 0.15) is 12.3 Å². The zero-order chi connectivity index (χ0) is 14.7. The van der Waals surface area contributed by atoms with Gasteiger partial charge in [0, 0.05) is 6.04 Å². The molecule has 0 radical (unpaired) electrons. The van der Waals surface area contributed by atoms with Gasteiger partial charge in [-0.15, -0.1) is 0 Å². The third-order valence-corrected chi connectivity index (χ3v) is 3.38. The summed E-state index contributed by atoms with van der Waals surface area (Å²) in [5.41, 5.74) is 1.69. The van der Waals surface area contributed by atoms with E-state index in [0.717, 1.165) is 12.0 Å². The van der Waals surface area contributed by atoms with Gasteiger partial charge in [-0.2, -0.15) is 0 Å². The first-order valence-corrected chi connectivity index (χ1v) is 6.84. The van der Waals surface area contributed by atoms with Crippen LogP contribution in [0.2, 0.25) is 0 Å². The molecular weight excluding hydrogens is 256 g/mol. The molecule has 2 rings (SSSR count). The number of hydrogen-bond donors (Lipinski definition) is 1. The van der Waals surface area contributed by atoms with Crippen LogP contribution < -0.4 is 15.0 Å². The number of nitrogens with one attached hydrogen (secondary N) is 1. The predicted octanol–water partition coefficient (Wildman–Crippen LogP) is 1.64. The van der Waals surface area contributed by atoms with Crippen molar-refractivity contribution in [2.24, 2.45) is 0 Å². The average Bonchev–Trinajstić information content (AvgIpc) is 2.42. The molecule has 0 unspecified atom stereocenters. The molecule has 0 saturated heterocycles. The van der Waals surface area contributed by atoms with Gasteiger partial charge in [-0.1, -0.05) is 13.0 Å². The fourth-order valence-electron chi connectivity index (χ4n) is 2.05. The maximum atomic E-state index is 12.0. The van der Waals surface area contributed by atoms with Crippen LogP contribution in [0.3, 0.4) is 0 Å². The second-order valence-electron chi connectivity index (χ2n) is 5.12. The molecule has 108 valence electrons. The maximum Gasteiger partial charge on any atom is 0.265 e. The van der Waals surface area contributed by atoms with Crippen molar-refractivity contribution in [3.8, 4) is 5.75 Å². The molecule has 1 atom stereocenters. The van der Waals surface area contributed by atoms with Crippen molar-refractivity contribution in [3.63, 3.8) is 0 Å². The Balaban J connectivity index is 2.17. The number of hydrogen-bond acceptors (Lipinski definition) is 3. The number of anilines is 1. The van der Waals surface area contributed by atoms with Gasteiger partial charge in [0.25, 0.3) is 5.91 Å². The molecule has 20 heavy (non-hydrogen) atoms. The summed E-state index contributed by atoms with van der Waals surface area (Å²) >= 11 is 0. The first-order valence-electron chi connectivity index (χ1n) is 6.84. The molecule has 0 aliphatic carbocycles. The van der Waals surface area contributed by atoms with Crippen molar-refractivity contribution in [2.75, 3.05) is 18.1 Å². The van der Waals surface area contributed by atoms with Gasteiger partial charge in [-0.05, 0) is 38.0 Å². The number of amides is 2. The highest BCUT2D eigenvalue weighted by Crippen LogP contribution is 2.32. The molecule has 1 N–H and O–H groups in total. The van der Waals surface area contributed by atoms with E-state index in [1.54, 1.807) is 0 Å². The van der Waals surface area contributed by atoms with Crippen molar-refractivity contribution in [1.82, 2.24) is 5.32 Å². The van der Waals surface area contributed by atoms with Crippen LogP contribution in [0.5, 0.6) is 5.75 Å². The Hall–Kier alpha value is -2.04. The van der Waals surface area contributed by atoms with Gasteiger partial charge in [0.15, 0.2) is 6.61 Å². The van der Waals surface area contributed by atoms with Crippen molar-refractivity contribution in [1.29, 1.82) is 0 Å². The molecule has 5 nitrogen and oxygen atoms in total. The second-order valence-corrected chi connectivity index (χ2v) is 5.12. The lowest BCUT2D eigenvalue weighted by atomic mass is 10.1. The topological polar surface area (TPSA) is 58.6 Å². The van der Waals surface area contributed by atoms with Crippen LogP contribution in [0.4, 0.5) is 5.69 Å². The molecule has 0 saturated carbocycles. The first kappa shape index (κ1) is 14.4. The van der Waals surface area contributed by atoms with E-state index in [2.05, 4.69) is 5.32 Å². The van der Waals surface area contributed by atoms with Crippen LogP contribution >= 0.6 is 0 Å². The lowest BCUT2D eigenvalue weighted by Crippen LogP contribution is -2.46. The van der Waals surface area contributed by atoms with Gasteiger partial charge in [0.05, 0.1) is 5.69 Å². The predicted molar refractivity (Wildman–Crippen MR) is 76.9 cm³/mol. The van der Waals surface area contributed by atoms with E-state index in [4.69, 9.17) is 4.74 Å². The fourth-order valence-corrected chi connectivity index (χ4v) is 2.05. The molecule has 0 fully saturated rings. The second kappa shape index (κ2) is 5.94. The molecule has 1 aliphatic rings. The van der Waals surface area contributed by atoms with Gasteiger partial charge in [-0.3, -0.25) is 14.5 Å². The van der Waals surface area contributed by atoms with Crippen molar-refractivity contribution < 1.29 is 14.3 Å². The monoisotopic (exact) mass is 276 g/mol. The Labute approximate surface area is 118 Å². The maximum absolute atomic E-state index is 12.0. The largest absolute Gasteiger partial charge is 0.482 e. The average molecular weight is 276 g/mol. The van der Waals surface area contributed by atoms with Gasteiger partial charge < -0.3 is 10.1 Å². The Morgan fingerprint density at radius 3 is 2.95 bits per heavy atom. The zero-order valence-electron chi connectivity index (χ0n) is 12.1. The summed E-state index contributed by atoms with van der Waals surface area (Å²) < 4.78 is 5.38. The van der Waals surface area contributed by atoms with Crippen LogP contribution in [0, 0.1) is 6.92 Å². The molecule has 1 aromatic carbocycles. The van der Waals surface area contributed by atoms with Crippen LogP contribution in [0.15, 0.2) is 18.2 Å². The Kier molecular flexibility index (Phi) is 4.27. The summed E-state index contributed by atoms with van der Waals surface area (Å²) in [6, 6.07) is 5.72. The van der Waals surface area contributed by atoms with E-state index in [1.807, 2.05) is 39.0 Å². The van der Waals surface area contributed by atoms with Gasteiger partial charge >= 0.3 is 0 Å². The Bertz CT molecular complexity index is 528. The van der Waals surface area contributed by atoms with E-state index in [0.29, 0.717) is 11.4 Å². The lowest BCUT2D eigenvalue weighted by Gasteiger charge is -2.29. The summed E-state index contributed by atoms with van der Waals surface area (Å²) in [5, 5.41) is 2.87. The minimum absolute atomic E-state index is 0.0212. The quantitative estimate of drug-likeness (QED) is 0.909. The molecule has 1 heterocycles. The van der Waals surface area contributed by atoms with Gasteiger partial charge in [0.2, 0.25) is 5.91 Å². The molecule has 0 bridgehead atoms. The number of carbonyl (C=O) groups is 2. The minimum atomic E-state index is -0.192. The molecule has 0 aromatic heterocycles. The minimum Gasteiger partial charge on any atom is -0.482 e. The number of benzene rings is 1. The standard InChI is InChI=1S/C15H20N2O3/c1-4-11(3)16-14(18)8-17-12-7-10(2)5-6-13(12)20-9-15(17)19/h5-7,11H,4,8-9H2,1-3H3,(H,16,18)/t11-/m1/s1. The smallest absolute Gasteiger partial charge is 0.265 e. The van der Waals surface area contributed by atoms with Crippen molar-refractivity contribution in [2.45, 2.75) is 33.2 Å². The van der Waals surface area contributed by atoms with Crippen LogP contribution in [-0.2, 0) is 9.59 Å². The van der Waals surface area contributed by atoms with Crippen LogP contribution in [0.25, 0.3) is 0 Å². The van der Waals surface area contributed by atoms with E-state index < -0.39 is 0 Å². The number of fused-ring (bicyclic) bond motifs is 1. The van der Waals surface area contributed by atoms with Gasteiger partial charge in [-0.25, -0.2) is 0 Å². The van der Waals surface area contributed by atoms with E-state index in [1.165, 1.54) is 4.90 Å². The first-order chi connectivity index (χ1) is 9.51. The van der Waals surface area contributed by atoms with E-state index in [9.17, 15) is 9.59 Å². The van der Waals surface area contributed by atoms with E-state index >= 15 is 0 Å². The summed E-state index contributed by atoms with van der Waals surface area (Å²) in [4.78, 5) is 25.4. The third kappa shape index (κ3) is 3.10. The summed E-state index contributed by atoms with van der Waals surface area (Å²) in [6.07, 6.45) is 0.860. The highest BCUT2D eigenvalue weighted by Gasteiger charge is 2.27. The fraction of sp³-hybridized carbons (Fsp3) is 0.467. The van der Waals surface area contributed by atoms with E-state index in [-0.39, 0.29) is 31.0 Å². The molecule has 0 spiro atoms. The zero-order valence-corrected chi connectivity index (χ0v) is 12.1. The summed E-state index contributed by atoms with van der Waals surface area (Å²) in [6.45, 7) is 5.90.